The first-order valence-corrected chi connectivity index (χ1v) is 15.0. The van der Waals surface area contributed by atoms with Gasteiger partial charge in [0.05, 0.1) is 17.3 Å². The lowest BCUT2D eigenvalue weighted by molar-refractivity contribution is -0.116. The van der Waals surface area contributed by atoms with Crippen molar-refractivity contribution in [3.05, 3.63) is 65.3 Å². The van der Waals surface area contributed by atoms with Crippen LogP contribution < -0.4 is 14.5 Å². The molecule has 4 heterocycles. The molecule has 1 aliphatic carbocycles. The van der Waals surface area contributed by atoms with Crippen LogP contribution in [-0.4, -0.2) is 66.5 Å². The molecule has 2 aromatic carbocycles. The van der Waals surface area contributed by atoms with Crippen molar-refractivity contribution < 1.29 is 9.53 Å². The van der Waals surface area contributed by atoms with Crippen molar-refractivity contribution in [2.75, 3.05) is 49.6 Å². The minimum atomic E-state index is 0.125. The molecule has 4 aliphatic rings. The minimum absolute atomic E-state index is 0.125. The summed E-state index contributed by atoms with van der Waals surface area (Å²) >= 11 is 6.70. The normalized spacial score (nSPS) is 25.9. The molecule has 0 bridgehead atoms. The summed E-state index contributed by atoms with van der Waals surface area (Å²) in [4.78, 5) is 29.6. The molecule has 40 heavy (non-hydrogen) atoms. The SMILES string of the molecule is C=CC(=O)C1C2CCN(c3nc(OC[C@@H]4CCCN4C)nc4c3CCN(c3cccc5cccc(Cl)c35)C4)CC21. The molecule has 0 radical (unpaired) electrons. The van der Waals surface area contributed by atoms with E-state index in [9.17, 15) is 4.79 Å². The maximum atomic E-state index is 12.4. The van der Waals surface area contributed by atoms with Crippen LogP contribution in [0, 0.1) is 17.8 Å². The Morgan fingerprint density at radius 3 is 2.75 bits per heavy atom. The molecule has 0 amide bonds. The summed E-state index contributed by atoms with van der Waals surface area (Å²) in [7, 11) is 2.16. The molecule has 1 aromatic heterocycles. The van der Waals surface area contributed by atoms with Crippen LogP contribution in [0.25, 0.3) is 10.8 Å². The fourth-order valence-corrected chi connectivity index (χ4v) is 7.59. The molecule has 7 nitrogen and oxygen atoms in total. The van der Waals surface area contributed by atoms with Crippen LogP contribution >= 0.6 is 11.6 Å². The number of likely N-dealkylation sites (N-methyl/N-ethyl adjacent to an activating group) is 1. The van der Waals surface area contributed by atoms with Crippen LogP contribution in [0.5, 0.6) is 6.01 Å². The first kappa shape index (κ1) is 25.8. The van der Waals surface area contributed by atoms with E-state index >= 15 is 0 Å². The quantitative estimate of drug-likeness (QED) is 0.372. The Morgan fingerprint density at radius 1 is 1.10 bits per heavy atom. The summed E-state index contributed by atoms with van der Waals surface area (Å²) in [5.41, 5.74) is 3.36. The summed E-state index contributed by atoms with van der Waals surface area (Å²) in [6, 6.07) is 13.3. The lowest BCUT2D eigenvalue weighted by Gasteiger charge is -2.35. The van der Waals surface area contributed by atoms with E-state index in [4.69, 9.17) is 26.3 Å². The molecule has 7 rings (SSSR count). The van der Waals surface area contributed by atoms with E-state index in [1.54, 1.807) is 0 Å². The van der Waals surface area contributed by atoms with Gasteiger partial charge < -0.3 is 19.4 Å². The van der Waals surface area contributed by atoms with Gasteiger partial charge >= 0.3 is 6.01 Å². The van der Waals surface area contributed by atoms with Gasteiger partial charge in [0, 0.05) is 48.2 Å². The second-order valence-corrected chi connectivity index (χ2v) is 12.2. The number of piperidine rings is 1. The van der Waals surface area contributed by atoms with Gasteiger partial charge in [0.1, 0.15) is 12.4 Å². The molecule has 2 saturated heterocycles. The van der Waals surface area contributed by atoms with Crippen molar-refractivity contribution in [1.29, 1.82) is 0 Å². The fourth-order valence-electron chi connectivity index (χ4n) is 7.31. The second-order valence-electron chi connectivity index (χ2n) is 11.8. The van der Waals surface area contributed by atoms with E-state index in [0.717, 1.165) is 78.4 Å². The molecular formula is C32H36ClN5O2. The second kappa shape index (κ2) is 10.3. The van der Waals surface area contributed by atoms with Gasteiger partial charge in [0.2, 0.25) is 0 Å². The number of ketones is 1. The number of hydrogen-bond acceptors (Lipinski definition) is 7. The van der Waals surface area contributed by atoms with Gasteiger partial charge in [-0.3, -0.25) is 4.79 Å². The smallest absolute Gasteiger partial charge is 0.318 e. The van der Waals surface area contributed by atoms with Gasteiger partial charge in [-0.25, -0.2) is 0 Å². The van der Waals surface area contributed by atoms with Crippen LogP contribution in [0.1, 0.15) is 30.5 Å². The number of likely N-dealkylation sites (tertiary alicyclic amines) is 1. The van der Waals surface area contributed by atoms with Crippen molar-refractivity contribution in [3.8, 4) is 6.01 Å². The van der Waals surface area contributed by atoms with E-state index in [0.29, 0.717) is 37.0 Å². The highest BCUT2D eigenvalue weighted by Gasteiger charge is 2.55. The third kappa shape index (κ3) is 4.53. The number of fused-ring (bicyclic) bond motifs is 3. The largest absolute Gasteiger partial charge is 0.462 e. The molecule has 1 saturated carbocycles. The van der Waals surface area contributed by atoms with Crippen molar-refractivity contribution >= 4 is 39.7 Å². The molecule has 0 spiro atoms. The van der Waals surface area contributed by atoms with Crippen LogP contribution in [0.15, 0.2) is 49.1 Å². The van der Waals surface area contributed by atoms with Crippen molar-refractivity contribution in [3.63, 3.8) is 0 Å². The number of hydrogen-bond donors (Lipinski definition) is 0. The third-order valence-corrected chi connectivity index (χ3v) is 9.91. The number of ether oxygens (including phenoxy) is 1. The van der Waals surface area contributed by atoms with Crippen LogP contribution in [-0.2, 0) is 17.8 Å². The molecular weight excluding hydrogens is 522 g/mol. The zero-order chi connectivity index (χ0) is 27.4. The fraction of sp³-hybridized carbons (Fsp3) is 0.469. The van der Waals surface area contributed by atoms with Gasteiger partial charge in [-0.15, -0.1) is 0 Å². The summed E-state index contributed by atoms with van der Waals surface area (Å²) in [5, 5.41) is 2.99. The van der Waals surface area contributed by atoms with Crippen LogP contribution in [0.4, 0.5) is 11.5 Å². The van der Waals surface area contributed by atoms with Crippen molar-refractivity contribution in [1.82, 2.24) is 14.9 Å². The monoisotopic (exact) mass is 557 g/mol. The number of benzene rings is 2. The summed E-state index contributed by atoms with van der Waals surface area (Å²) in [5.74, 6) is 2.18. The Morgan fingerprint density at radius 2 is 1.95 bits per heavy atom. The summed E-state index contributed by atoms with van der Waals surface area (Å²) in [6.45, 7) is 8.71. The third-order valence-electron chi connectivity index (χ3n) is 9.60. The number of allylic oxidation sites excluding steroid dienone is 1. The minimum Gasteiger partial charge on any atom is -0.462 e. The average Bonchev–Trinajstić information content (AvgIpc) is 3.56. The summed E-state index contributed by atoms with van der Waals surface area (Å²) in [6.07, 6.45) is 5.69. The van der Waals surface area contributed by atoms with Crippen molar-refractivity contribution in [2.24, 2.45) is 17.8 Å². The number of anilines is 2. The molecule has 208 valence electrons. The van der Waals surface area contributed by atoms with Crippen molar-refractivity contribution in [2.45, 2.75) is 38.3 Å². The summed E-state index contributed by atoms with van der Waals surface area (Å²) < 4.78 is 6.30. The number of rotatable bonds is 7. The highest BCUT2D eigenvalue weighted by Crippen LogP contribution is 2.53. The highest BCUT2D eigenvalue weighted by atomic mass is 35.5. The molecule has 3 unspecified atom stereocenters. The van der Waals surface area contributed by atoms with Gasteiger partial charge in [0.25, 0.3) is 0 Å². The van der Waals surface area contributed by atoms with E-state index in [1.165, 1.54) is 18.1 Å². The number of aromatic nitrogens is 2. The molecule has 4 atom stereocenters. The zero-order valence-electron chi connectivity index (χ0n) is 23.1. The molecule has 3 aliphatic heterocycles. The number of halogens is 1. The van der Waals surface area contributed by atoms with Crippen LogP contribution in [0.3, 0.4) is 0 Å². The molecule has 3 fully saturated rings. The number of carbonyl (C=O) groups excluding carboxylic acids is 1. The average molecular weight is 558 g/mol. The Bertz CT molecular complexity index is 1470. The maximum absolute atomic E-state index is 12.4. The lowest BCUT2D eigenvalue weighted by atomic mass is 10.0. The van der Waals surface area contributed by atoms with E-state index < -0.39 is 0 Å². The van der Waals surface area contributed by atoms with Crippen LogP contribution in [0.2, 0.25) is 5.02 Å². The Kier molecular flexibility index (Phi) is 6.67. The zero-order valence-corrected chi connectivity index (χ0v) is 23.8. The standard InChI is InChI=1S/C32H36ClN5O2/c1-3-28(39)30-22-12-16-38(17-24(22)30)31-23-13-15-37(27-11-5-8-20-7-4-10-25(33)29(20)27)18-26(23)34-32(35-31)40-19-21-9-6-14-36(21)2/h3-5,7-8,10-11,21-22,24,30H,1,6,9,12-19H2,2H3/t21-,22?,24?,30?/m0/s1. The van der Waals surface area contributed by atoms with Gasteiger partial charge in [-0.05, 0) is 74.7 Å². The Labute approximate surface area is 240 Å². The molecule has 0 N–H and O–H groups in total. The Balaban J connectivity index is 1.21. The Hall–Kier alpha value is -3.16. The highest BCUT2D eigenvalue weighted by molar-refractivity contribution is 6.36. The van der Waals surface area contributed by atoms with Gasteiger partial charge in [0.15, 0.2) is 5.78 Å². The predicted octanol–water partition coefficient (Wildman–Crippen LogP) is 5.15. The number of nitrogens with zero attached hydrogens (tertiary/aromatic N) is 5. The van der Waals surface area contributed by atoms with Gasteiger partial charge in [-0.2, -0.15) is 9.97 Å². The molecule has 8 heteroatoms. The topological polar surface area (TPSA) is 61.8 Å². The van der Waals surface area contributed by atoms with E-state index in [1.807, 2.05) is 12.1 Å². The first-order chi connectivity index (χ1) is 19.5. The first-order valence-electron chi connectivity index (χ1n) is 14.6. The predicted molar refractivity (Wildman–Crippen MR) is 159 cm³/mol. The van der Waals surface area contributed by atoms with E-state index in [-0.39, 0.29) is 11.7 Å². The number of carbonyl (C=O) groups is 1. The maximum Gasteiger partial charge on any atom is 0.318 e. The molecule has 3 aromatic rings. The van der Waals surface area contributed by atoms with Gasteiger partial charge in [-0.1, -0.05) is 42.4 Å². The van der Waals surface area contributed by atoms with E-state index in [2.05, 4.69) is 52.6 Å². The lowest BCUT2D eigenvalue weighted by Crippen LogP contribution is -2.37.